The summed E-state index contributed by atoms with van der Waals surface area (Å²) in [7, 11) is 0. The average Bonchev–Trinajstić information content (AvgIpc) is 2.83. The molecule has 0 saturated carbocycles. The number of piperidine rings is 1. The van der Waals surface area contributed by atoms with E-state index in [1.54, 1.807) is 22.7 Å². The van der Waals surface area contributed by atoms with E-state index in [4.69, 9.17) is 0 Å². The molecule has 0 radical (unpaired) electrons. The van der Waals surface area contributed by atoms with Crippen LogP contribution in [0.15, 0.2) is 24.4 Å². The number of likely N-dealkylation sites (tertiary alicyclic amines) is 1. The minimum absolute atomic E-state index is 0.280. The van der Waals surface area contributed by atoms with E-state index in [-0.39, 0.29) is 5.69 Å². The predicted octanol–water partition coefficient (Wildman–Crippen LogP) is 2.02. The molecular formula is C14H17N3O2. The number of carboxylic acid groups (broad SMARTS) is 1. The lowest BCUT2D eigenvalue weighted by Crippen LogP contribution is -2.29. The second kappa shape index (κ2) is 5.01. The number of hydrogen-bond donors (Lipinski definition) is 1. The molecule has 1 N–H and O–H groups in total. The standard InChI is InChI=1S/C14H17N3O2/c18-14(19)12-5-4-6-13-15-9-11(17(12)13)10-16-7-2-1-3-8-16/h4-6,9H,1-3,7-8,10H2,(H,18,19). The van der Waals surface area contributed by atoms with Crippen LogP contribution in [0.5, 0.6) is 0 Å². The van der Waals surface area contributed by atoms with Gasteiger partial charge in [0.2, 0.25) is 0 Å². The summed E-state index contributed by atoms with van der Waals surface area (Å²) in [6, 6.07) is 5.19. The fourth-order valence-electron chi connectivity index (χ4n) is 2.72. The Morgan fingerprint density at radius 3 is 2.79 bits per heavy atom. The fourth-order valence-corrected chi connectivity index (χ4v) is 2.72. The number of rotatable bonds is 3. The number of imidazole rings is 1. The van der Waals surface area contributed by atoms with Crippen molar-refractivity contribution < 1.29 is 9.90 Å². The second-order valence-electron chi connectivity index (χ2n) is 5.00. The molecule has 0 amide bonds. The normalized spacial score (nSPS) is 16.8. The van der Waals surface area contributed by atoms with E-state index in [0.717, 1.165) is 25.3 Å². The number of carboxylic acids is 1. The van der Waals surface area contributed by atoms with Gasteiger partial charge in [-0.15, -0.1) is 0 Å². The summed E-state index contributed by atoms with van der Waals surface area (Å²) in [5.41, 5.74) is 1.93. The molecule has 100 valence electrons. The van der Waals surface area contributed by atoms with Crippen molar-refractivity contribution in [2.24, 2.45) is 0 Å². The summed E-state index contributed by atoms with van der Waals surface area (Å²) in [5, 5.41) is 9.27. The molecule has 0 aromatic carbocycles. The van der Waals surface area contributed by atoms with Crippen LogP contribution in [0.4, 0.5) is 0 Å². The van der Waals surface area contributed by atoms with E-state index in [1.807, 2.05) is 6.07 Å². The van der Waals surface area contributed by atoms with Gasteiger partial charge in [-0.2, -0.15) is 0 Å². The van der Waals surface area contributed by atoms with Crippen LogP contribution >= 0.6 is 0 Å². The predicted molar refractivity (Wildman–Crippen MR) is 71.3 cm³/mol. The summed E-state index contributed by atoms with van der Waals surface area (Å²) in [5.74, 6) is -0.913. The van der Waals surface area contributed by atoms with Gasteiger partial charge in [-0.25, -0.2) is 9.78 Å². The van der Waals surface area contributed by atoms with E-state index in [2.05, 4.69) is 9.88 Å². The molecule has 2 aromatic heterocycles. The Morgan fingerprint density at radius 1 is 1.26 bits per heavy atom. The summed E-state index contributed by atoms with van der Waals surface area (Å²) in [4.78, 5) is 18.0. The van der Waals surface area contributed by atoms with Gasteiger partial charge in [-0.3, -0.25) is 9.30 Å². The summed E-state index contributed by atoms with van der Waals surface area (Å²) in [6.07, 6.45) is 5.53. The third-order valence-electron chi connectivity index (χ3n) is 3.66. The van der Waals surface area contributed by atoms with Crippen molar-refractivity contribution in [1.29, 1.82) is 0 Å². The molecule has 5 heteroatoms. The van der Waals surface area contributed by atoms with Crippen molar-refractivity contribution in [1.82, 2.24) is 14.3 Å². The zero-order valence-corrected chi connectivity index (χ0v) is 10.7. The maximum atomic E-state index is 11.3. The Balaban J connectivity index is 1.96. The van der Waals surface area contributed by atoms with Gasteiger partial charge in [-0.05, 0) is 38.1 Å². The number of aromatic nitrogens is 2. The Morgan fingerprint density at radius 2 is 2.05 bits per heavy atom. The van der Waals surface area contributed by atoms with Gasteiger partial charge in [0.25, 0.3) is 0 Å². The van der Waals surface area contributed by atoms with E-state index in [0.29, 0.717) is 5.65 Å². The number of aromatic carboxylic acids is 1. The van der Waals surface area contributed by atoms with E-state index >= 15 is 0 Å². The number of carbonyl (C=O) groups is 1. The lowest BCUT2D eigenvalue weighted by atomic mass is 10.1. The van der Waals surface area contributed by atoms with Gasteiger partial charge < -0.3 is 5.11 Å². The molecular weight excluding hydrogens is 242 g/mol. The maximum absolute atomic E-state index is 11.3. The SMILES string of the molecule is O=C(O)c1cccc2ncc(CN3CCCCC3)n12. The fraction of sp³-hybridized carbons (Fsp3) is 0.429. The summed E-state index contributed by atoms with van der Waals surface area (Å²) < 4.78 is 1.75. The first kappa shape index (κ1) is 12.2. The molecule has 3 heterocycles. The van der Waals surface area contributed by atoms with Crippen LogP contribution in [0.3, 0.4) is 0 Å². The van der Waals surface area contributed by atoms with Gasteiger partial charge in [0, 0.05) is 6.54 Å². The number of hydrogen-bond acceptors (Lipinski definition) is 3. The van der Waals surface area contributed by atoms with Crippen molar-refractivity contribution in [3.63, 3.8) is 0 Å². The Hall–Kier alpha value is -1.88. The molecule has 5 nitrogen and oxygen atoms in total. The molecule has 0 spiro atoms. The average molecular weight is 259 g/mol. The summed E-state index contributed by atoms with van der Waals surface area (Å²) in [6.45, 7) is 2.94. The highest BCUT2D eigenvalue weighted by molar-refractivity contribution is 5.86. The highest BCUT2D eigenvalue weighted by Gasteiger charge is 2.16. The highest BCUT2D eigenvalue weighted by Crippen LogP contribution is 2.16. The number of pyridine rings is 1. The maximum Gasteiger partial charge on any atom is 0.352 e. The molecule has 3 rings (SSSR count). The van der Waals surface area contributed by atoms with Gasteiger partial charge in [0.15, 0.2) is 0 Å². The van der Waals surface area contributed by atoms with Gasteiger partial charge in [0.05, 0.1) is 11.9 Å². The lowest BCUT2D eigenvalue weighted by Gasteiger charge is -2.26. The van der Waals surface area contributed by atoms with Crippen LogP contribution in [-0.2, 0) is 6.54 Å². The first-order chi connectivity index (χ1) is 9.25. The van der Waals surface area contributed by atoms with Crippen molar-refractivity contribution in [3.8, 4) is 0 Å². The third-order valence-corrected chi connectivity index (χ3v) is 3.66. The molecule has 1 fully saturated rings. The van der Waals surface area contributed by atoms with Gasteiger partial charge >= 0.3 is 5.97 Å². The highest BCUT2D eigenvalue weighted by atomic mass is 16.4. The minimum Gasteiger partial charge on any atom is -0.477 e. The molecule has 1 saturated heterocycles. The Kier molecular flexibility index (Phi) is 3.21. The Labute approximate surface area is 111 Å². The molecule has 1 aliphatic heterocycles. The molecule has 0 bridgehead atoms. The van der Waals surface area contributed by atoms with Crippen molar-refractivity contribution >= 4 is 11.6 Å². The largest absolute Gasteiger partial charge is 0.477 e. The first-order valence-electron chi connectivity index (χ1n) is 6.67. The van der Waals surface area contributed by atoms with Crippen molar-refractivity contribution in [2.75, 3.05) is 13.1 Å². The molecule has 0 atom stereocenters. The van der Waals surface area contributed by atoms with Crippen molar-refractivity contribution in [2.45, 2.75) is 25.8 Å². The monoisotopic (exact) mass is 259 g/mol. The van der Waals surface area contributed by atoms with Crippen LogP contribution in [0, 0.1) is 0 Å². The van der Waals surface area contributed by atoms with Crippen LogP contribution in [0.1, 0.15) is 35.4 Å². The van der Waals surface area contributed by atoms with E-state index in [1.165, 1.54) is 19.3 Å². The van der Waals surface area contributed by atoms with E-state index < -0.39 is 5.97 Å². The zero-order valence-electron chi connectivity index (χ0n) is 10.7. The zero-order chi connectivity index (χ0) is 13.2. The smallest absolute Gasteiger partial charge is 0.352 e. The topological polar surface area (TPSA) is 57.8 Å². The van der Waals surface area contributed by atoms with E-state index in [9.17, 15) is 9.90 Å². The third kappa shape index (κ3) is 2.33. The minimum atomic E-state index is -0.913. The number of nitrogens with zero attached hydrogens (tertiary/aromatic N) is 3. The second-order valence-corrected chi connectivity index (χ2v) is 5.00. The quantitative estimate of drug-likeness (QED) is 0.916. The van der Waals surface area contributed by atoms with Gasteiger partial charge in [-0.1, -0.05) is 12.5 Å². The molecule has 0 aliphatic carbocycles. The molecule has 2 aromatic rings. The van der Waals surface area contributed by atoms with Crippen molar-refractivity contribution in [3.05, 3.63) is 35.8 Å². The van der Waals surface area contributed by atoms with Gasteiger partial charge in [0.1, 0.15) is 11.3 Å². The van der Waals surface area contributed by atoms with Crippen LogP contribution in [0.25, 0.3) is 5.65 Å². The van der Waals surface area contributed by atoms with Crippen LogP contribution in [0.2, 0.25) is 0 Å². The molecule has 0 unspecified atom stereocenters. The Bertz CT molecular complexity index is 600. The molecule has 19 heavy (non-hydrogen) atoms. The van der Waals surface area contributed by atoms with Crippen LogP contribution < -0.4 is 0 Å². The number of fused-ring (bicyclic) bond motifs is 1. The molecule has 1 aliphatic rings. The first-order valence-corrected chi connectivity index (χ1v) is 6.67. The van der Waals surface area contributed by atoms with Crippen LogP contribution in [-0.4, -0.2) is 38.4 Å². The summed E-state index contributed by atoms with van der Waals surface area (Å²) >= 11 is 0. The lowest BCUT2D eigenvalue weighted by molar-refractivity contribution is 0.0688.